The molecule has 1 N–H and O–H groups in total. The molecule has 7 nitrogen and oxygen atoms in total. The Labute approximate surface area is 245 Å². The van der Waals surface area contributed by atoms with Crippen molar-refractivity contribution in [2.45, 2.75) is 39.5 Å². The van der Waals surface area contributed by atoms with Crippen molar-refractivity contribution in [3.8, 4) is 17.2 Å². The molecule has 214 valence electrons. The zero-order chi connectivity index (χ0) is 29.8. The maximum Gasteiger partial charge on any atom is 0.300 e. The van der Waals surface area contributed by atoms with Crippen LogP contribution in [0.3, 0.4) is 0 Å². The van der Waals surface area contributed by atoms with Crippen LogP contribution < -0.4 is 19.1 Å². The Hall–Kier alpha value is -5.04. The number of hydrogen-bond acceptors (Lipinski definition) is 6. The highest BCUT2D eigenvalue weighted by molar-refractivity contribution is 6.51. The van der Waals surface area contributed by atoms with Crippen molar-refractivity contribution < 1.29 is 28.9 Å². The van der Waals surface area contributed by atoms with E-state index in [9.17, 15) is 14.7 Å². The fraction of sp³-hybridized carbons (Fsp3) is 0.200. The summed E-state index contributed by atoms with van der Waals surface area (Å²) in [7, 11) is 1.53. The van der Waals surface area contributed by atoms with E-state index in [2.05, 4.69) is 0 Å². The van der Waals surface area contributed by atoms with E-state index in [1.54, 1.807) is 48.5 Å². The van der Waals surface area contributed by atoms with Crippen LogP contribution in [0.2, 0.25) is 0 Å². The molecule has 1 amide bonds. The second kappa shape index (κ2) is 12.2. The van der Waals surface area contributed by atoms with E-state index in [-0.39, 0.29) is 17.4 Å². The number of anilines is 1. The van der Waals surface area contributed by atoms with Crippen LogP contribution in [0, 0.1) is 6.92 Å². The van der Waals surface area contributed by atoms with Crippen molar-refractivity contribution in [2.24, 2.45) is 0 Å². The topological polar surface area (TPSA) is 85.3 Å². The summed E-state index contributed by atoms with van der Waals surface area (Å²) in [5.41, 5.74) is 3.29. The Morgan fingerprint density at radius 3 is 2.33 bits per heavy atom. The van der Waals surface area contributed by atoms with Gasteiger partial charge in [-0.2, -0.15) is 0 Å². The van der Waals surface area contributed by atoms with Crippen molar-refractivity contribution in [2.75, 3.05) is 12.0 Å². The van der Waals surface area contributed by atoms with Gasteiger partial charge in [-0.3, -0.25) is 14.5 Å². The summed E-state index contributed by atoms with van der Waals surface area (Å²) >= 11 is 0. The number of carbonyl (C=O) groups excluding carboxylic acids is 2. The number of Topliss-reactive ketones (excluding diaryl/α,β-unsaturated/α-hetero) is 1. The van der Waals surface area contributed by atoms with Crippen LogP contribution in [0.5, 0.6) is 17.2 Å². The molecule has 0 aromatic heterocycles. The molecule has 4 aromatic rings. The minimum absolute atomic E-state index is 0.0122. The van der Waals surface area contributed by atoms with Gasteiger partial charge in [0.2, 0.25) is 0 Å². The molecule has 4 aromatic carbocycles. The number of carbonyl (C=O) groups is 2. The van der Waals surface area contributed by atoms with Crippen LogP contribution in [-0.2, 0) is 16.2 Å². The largest absolute Gasteiger partial charge is 0.507 e. The standard InChI is InChI=1S/C35H33NO6/c1-22(2)42-29-15-8-12-25(19-29)32-31(34(38)35(39)36(32)27-13-9-14-28(20-27)40-4)33(37)26-16-17-30(23(3)18-26)41-21-24-10-6-5-7-11-24/h5-20,22,32,37H,21H2,1-4H3/b33-31+. The molecule has 1 aliphatic rings. The molecule has 1 unspecified atom stereocenters. The number of benzene rings is 4. The van der Waals surface area contributed by atoms with Gasteiger partial charge >= 0.3 is 0 Å². The molecule has 7 heteroatoms. The predicted molar refractivity (Wildman–Crippen MR) is 162 cm³/mol. The van der Waals surface area contributed by atoms with E-state index in [0.717, 1.165) is 11.1 Å². The van der Waals surface area contributed by atoms with E-state index in [4.69, 9.17) is 14.2 Å². The average molecular weight is 564 g/mol. The van der Waals surface area contributed by atoms with Crippen LogP contribution >= 0.6 is 0 Å². The Morgan fingerprint density at radius 2 is 1.62 bits per heavy atom. The zero-order valence-corrected chi connectivity index (χ0v) is 24.0. The number of aliphatic hydroxyl groups excluding tert-OH is 1. The number of amides is 1. The molecule has 5 rings (SSSR count). The maximum atomic E-state index is 13.6. The smallest absolute Gasteiger partial charge is 0.300 e. The molecule has 1 heterocycles. The van der Waals surface area contributed by atoms with Gasteiger partial charge in [-0.25, -0.2) is 0 Å². The fourth-order valence-corrected chi connectivity index (χ4v) is 5.05. The molecular formula is C35H33NO6. The molecule has 1 fully saturated rings. The van der Waals surface area contributed by atoms with Crippen molar-refractivity contribution >= 4 is 23.1 Å². The van der Waals surface area contributed by atoms with Crippen LogP contribution in [-0.4, -0.2) is 30.0 Å². The number of ketones is 1. The van der Waals surface area contributed by atoms with Gasteiger partial charge in [0.05, 0.1) is 24.8 Å². The first-order valence-corrected chi connectivity index (χ1v) is 13.8. The third-order valence-corrected chi connectivity index (χ3v) is 7.01. The number of hydrogen-bond donors (Lipinski definition) is 1. The van der Waals surface area contributed by atoms with E-state index in [1.807, 2.05) is 69.3 Å². The SMILES string of the molecule is COc1cccc(N2C(=O)C(=O)/C(=C(/O)c3ccc(OCc4ccccc4)c(C)c3)C2c2cccc(OC(C)C)c2)c1. The molecule has 1 aliphatic heterocycles. The highest BCUT2D eigenvalue weighted by Gasteiger charge is 2.47. The first kappa shape index (κ1) is 28.5. The third kappa shape index (κ3) is 5.86. The summed E-state index contributed by atoms with van der Waals surface area (Å²) in [5.74, 6) is -0.0118. The number of ether oxygens (including phenoxy) is 3. The average Bonchev–Trinajstić information content (AvgIpc) is 3.26. The van der Waals surface area contributed by atoms with Gasteiger partial charge in [0.15, 0.2) is 0 Å². The first-order chi connectivity index (χ1) is 20.3. The van der Waals surface area contributed by atoms with E-state index < -0.39 is 17.7 Å². The van der Waals surface area contributed by atoms with Gasteiger partial charge < -0.3 is 19.3 Å². The number of aryl methyl sites for hydroxylation is 1. The van der Waals surface area contributed by atoms with Crippen molar-refractivity contribution in [3.63, 3.8) is 0 Å². The van der Waals surface area contributed by atoms with Gasteiger partial charge in [0.25, 0.3) is 11.7 Å². The van der Waals surface area contributed by atoms with Crippen LogP contribution in [0.4, 0.5) is 5.69 Å². The Balaban J connectivity index is 1.58. The second-order valence-corrected chi connectivity index (χ2v) is 10.4. The number of rotatable bonds is 9. The zero-order valence-electron chi connectivity index (χ0n) is 24.0. The first-order valence-electron chi connectivity index (χ1n) is 13.8. The molecular weight excluding hydrogens is 530 g/mol. The monoisotopic (exact) mass is 563 g/mol. The normalized spacial score (nSPS) is 16.1. The van der Waals surface area contributed by atoms with E-state index in [0.29, 0.717) is 40.7 Å². The molecule has 1 atom stereocenters. The second-order valence-electron chi connectivity index (χ2n) is 10.4. The fourth-order valence-electron chi connectivity index (χ4n) is 5.05. The van der Waals surface area contributed by atoms with E-state index >= 15 is 0 Å². The summed E-state index contributed by atoms with van der Waals surface area (Å²) < 4.78 is 17.3. The molecule has 1 saturated heterocycles. The lowest BCUT2D eigenvalue weighted by Crippen LogP contribution is -2.29. The number of nitrogens with zero attached hydrogens (tertiary/aromatic N) is 1. The number of aliphatic hydroxyl groups is 1. The highest BCUT2D eigenvalue weighted by atomic mass is 16.5. The van der Waals surface area contributed by atoms with E-state index in [1.165, 1.54) is 12.0 Å². The lowest BCUT2D eigenvalue weighted by atomic mass is 9.94. The molecule has 0 radical (unpaired) electrons. The minimum atomic E-state index is -0.901. The molecule has 0 spiro atoms. The summed E-state index contributed by atoms with van der Waals surface area (Å²) in [6.45, 7) is 6.11. The van der Waals surface area contributed by atoms with Gasteiger partial charge in [-0.15, -0.1) is 0 Å². The lowest BCUT2D eigenvalue weighted by molar-refractivity contribution is -0.132. The molecule has 0 aliphatic carbocycles. The van der Waals surface area contributed by atoms with Crippen molar-refractivity contribution in [1.82, 2.24) is 0 Å². The summed E-state index contributed by atoms with van der Waals surface area (Å²) in [5, 5.41) is 11.6. The number of methoxy groups -OCH3 is 1. The third-order valence-electron chi connectivity index (χ3n) is 7.01. The van der Waals surface area contributed by atoms with Gasteiger partial charge in [-0.05, 0) is 79.9 Å². The summed E-state index contributed by atoms with van der Waals surface area (Å²) in [6.07, 6.45) is -0.0735. The van der Waals surface area contributed by atoms with Crippen LogP contribution in [0.1, 0.15) is 42.1 Å². The predicted octanol–water partition coefficient (Wildman–Crippen LogP) is 7.00. The molecule has 0 saturated carbocycles. The Bertz CT molecular complexity index is 1640. The quantitative estimate of drug-likeness (QED) is 0.134. The van der Waals surface area contributed by atoms with Crippen molar-refractivity contribution in [3.05, 3.63) is 125 Å². The van der Waals surface area contributed by atoms with Gasteiger partial charge in [0, 0.05) is 17.3 Å². The van der Waals surface area contributed by atoms with Crippen LogP contribution in [0.25, 0.3) is 5.76 Å². The Kier molecular flexibility index (Phi) is 8.29. The summed E-state index contributed by atoms with van der Waals surface area (Å²) in [4.78, 5) is 28.6. The van der Waals surface area contributed by atoms with Crippen molar-refractivity contribution in [1.29, 1.82) is 0 Å². The minimum Gasteiger partial charge on any atom is -0.507 e. The molecule has 42 heavy (non-hydrogen) atoms. The van der Waals surface area contributed by atoms with Gasteiger partial charge in [0.1, 0.15) is 29.6 Å². The lowest BCUT2D eigenvalue weighted by Gasteiger charge is -2.26. The Morgan fingerprint density at radius 1 is 0.881 bits per heavy atom. The highest BCUT2D eigenvalue weighted by Crippen LogP contribution is 2.43. The maximum absolute atomic E-state index is 13.6. The molecule has 0 bridgehead atoms. The van der Waals surface area contributed by atoms with Crippen LogP contribution in [0.15, 0.2) is 103 Å². The van der Waals surface area contributed by atoms with Gasteiger partial charge in [-0.1, -0.05) is 48.5 Å². The summed E-state index contributed by atoms with van der Waals surface area (Å²) in [6, 6.07) is 28.3.